The summed E-state index contributed by atoms with van der Waals surface area (Å²) in [7, 11) is 0. The molecule has 0 atom stereocenters. The summed E-state index contributed by atoms with van der Waals surface area (Å²) >= 11 is 0. The first-order valence-electron chi connectivity index (χ1n) is 9.31. The van der Waals surface area contributed by atoms with Crippen molar-refractivity contribution in [1.29, 1.82) is 0 Å². The highest BCUT2D eigenvalue weighted by Gasteiger charge is 2.22. The van der Waals surface area contributed by atoms with Gasteiger partial charge in [-0.1, -0.05) is 51.5 Å². The Bertz CT molecular complexity index is 785. The van der Waals surface area contributed by atoms with E-state index in [-0.39, 0.29) is 24.3 Å². The SMILES string of the molecule is CC(C)=CCc1c(C(C)C)nc(C(C)C)c(CO)c1-c1ccc(F)cc1. The number of halogens is 1. The summed E-state index contributed by atoms with van der Waals surface area (Å²) in [6, 6.07) is 6.55. The maximum absolute atomic E-state index is 13.5. The summed E-state index contributed by atoms with van der Waals surface area (Å²) in [6.45, 7) is 12.6. The number of rotatable bonds is 6. The predicted molar refractivity (Wildman–Crippen MR) is 107 cm³/mol. The second-order valence-electron chi connectivity index (χ2n) is 7.67. The maximum Gasteiger partial charge on any atom is 0.123 e. The highest BCUT2D eigenvalue weighted by atomic mass is 19.1. The van der Waals surface area contributed by atoms with Gasteiger partial charge in [0.2, 0.25) is 0 Å². The van der Waals surface area contributed by atoms with Crippen LogP contribution in [0.3, 0.4) is 0 Å². The lowest BCUT2D eigenvalue weighted by Gasteiger charge is -2.24. The number of aromatic nitrogens is 1. The van der Waals surface area contributed by atoms with Gasteiger partial charge in [0, 0.05) is 17.0 Å². The zero-order chi connectivity index (χ0) is 19.4. The van der Waals surface area contributed by atoms with E-state index in [0.29, 0.717) is 0 Å². The number of aliphatic hydroxyl groups is 1. The summed E-state index contributed by atoms with van der Waals surface area (Å²) in [6.07, 6.45) is 2.94. The number of nitrogens with zero attached hydrogens (tertiary/aromatic N) is 1. The Morgan fingerprint density at radius 1 is 1.00 bits per heavy atom. The predicted octanol–water partition coefficient (Wildman–Crippen LogP) is 6.14. The molecule has 0 spiro atoms. The van der Waals surface area contributed by atoms with Crippen LogP contribution in [0.25, 0.3) is 11.1 Å². The fourth-order valence-electron chi connectivity index (χ4n) is 3.30. The van der Waals surface area contributed by atoms with Gasteiger partial charge in [-0.2, -0.15) is 0 Å². The number of hydrogen-bond acceptors (Lipinski definition) is 2. The van der Waals surface area contributed by atoms with Gasteiger partial charge in [0.05, 0.1) is 6.61 Å². The van der Waals surface area contributed by atoms with Crippen molar-refractivity contribution in [2.75, 3.05) is 0 Å². The lowest BCUT2D eigenvalue weighted by atomic mass is 9.86. The van der Waals surface area contributed by atoms with Crippen molar-refractivity contribution in [1.82, 2.24) is 4.98 Å². The maximum atomic E-state index is 13.5. The van der Waals surface area contributed by atoms with Gasteiger partial charge in [-0.05, 0) is 60.9 Å². The molecule has 0 radical (unpaired) electrons. The van der Waals surface area contributed by atoms with Crippen LogP contribution in [0.4, 0.5) is 4.39 Å². The van der Waals surface area contributed by atoms with E-state index < -0.39 is 0 Å². The third-order valence-corrected chi connectivity index (χ3v) is 4.56. The van der Waals surface area contributed by atoms with Crippen LogP contribution in [0.5, 0.6) is 0 Å². The molecule has 3 heteroatoms. The lowest BCUT2D eigenvalue weighted by molar-refractivity contribution is 0.279. The Morgan fingerprint density at radius 3 is 2.00 bits per heavy atom. The third-order valence-electron chi connectivity index (χ3n) is 4.56. The van der Waals surface area contributed by atoms with Gasteiger partial charge < -0.3 is 5.11 Å². The van der Waals surface area contributed by atoms with E-state index in [1.54, 1.807) is 12.1 Å². The van der Waals surface area contributed by atoms with E-state index in [1.165, 1.54) is 17.7 Å². The highest BCUT2D eigenvalue weighted by Crippen LogP contribution is 2.37. The van der Waals surface area contributed by atoms with E-state index in [0.717, 1.165) is 40.1 Å². The minimum Gasteiger partial charge on any atom is -0.392 e. The van der Waals surface area contributed by atoms with Gasteiger partial charge in [-0.3, -0.25) is 4.98 Å². The van der Waals surface area contributed by atoms with E-state index >= 15 is 0 Å². The van der Waals surface area contributed by atoms with Crippen LogP contribution < -0.4 is 0 Å². The van der Waals surface area contributed by atoms with Crippen LogP contribution in [-0.2, 0) is 13.0 Å². The fraction of sp³-hybridized carbons (Fsp3) is 0.435. The second-order valence-corrected chi connectivity index (χ2v) is 7.67. The molecule has 0 saturated carbocycles. The van der Waals surface area contributed by atoms with Gasteiger partial charge in [0.25, 0.3) is 0 Å². The van der Waals surface area contributed by atoms with E-state index in [4.69, 9.17) is 4.98 Å². The van der Waals surface area contributed by atoms with Crippen LogP contribution in [0, 0.1) is 5.82 Å². The summed E-state index contributed by atoms with van der Waals surface area (Å²) in [5, 5.41) is 10.2. The Balaban J connectivity index is 2.88. The van der Waals surface area contributed by atoms with Gasteiger partial charge in [0.15, 0.2) is 0 Å². The third kappa shape index (κ3) is 4.39. The van der Waals surface area contributed by atoms with Crippen molar-refractivity contribution < 1.29 is 9.50 Å². The molecule has 1 aromatic carbocycles. The lowest BCUT2D eigenvalue weighted by Crippen LogP contribution is -2.12. The molecular formula is C23H30FNO. The molecule has 2 nitrogen and oxygen atoms in total. The van der Waals surface area contributed by atoms with E-state index in [2.05, 4.69) is 47.6 Å². The van der Waals surface area contributed by atoms with Gasteiger partial charge in [-0.15, -0.1) is 0 Å². The molecule has 2 rings (SSSR count). The Kier molecular flexibility index (Phi) is 6.71. The molecule has 0 aliphatic rings. The molecule has 0 unspecified atom stereocenters. The molecule has 140 valence electrons. The van der Waals surface area contributed by atoms with Crippen LogP contribution in [-0.4, -0.2) is 10.1 Å². The van der Waals surface area contributed by atoms with Crippen LogP contribution in [0.1, 0.15) is 75.9 Å². The van der Waals surface area contributed by atoms with Crippen molar-refractivity contribution in [2.24, 2.45) is 0 Å². The number of allylic oxidation sites excluding steroid dienone is 2. The molecule has 2 aromatic rings. The molecule has 0 aliphatic heterocycles. The summed E-state index contributed by atoms with van der Waals surface area (Å²) in [5.74, 6) is 0.207. The first kappa shape index (κ1) is 20.3. The van der Waals surface area contributed by atoms with E-state index in [9.17, 15) is 9.50 Å². The number of hydrogen-bond donors (Lipinski definition) is 1. The molecule has 26 heavy (non-hydrogen) atoms. The largest absolute Gasteiger partial charge is 0.392 e. The Hall–Kier alpha value is -2.00. The molecule has 0 saturated heterocycles. The summed E-state index contributed by atoms with van der Waals surface area (Å²) in [5.41, 5.74) is 7.14. The van der Waals surface area contributed by atoms with Crippen molar-refractivity contribution in [3.05, 3.63) is 64.2 Å². The van der Waals surface area contributed by atoms with Crippen molar-refractivity contribution >= 4 is 0 Å². The van der Waals surface area contributed by atoms with Crippen molar-refractivity contribution in [3.63, 3.8) is 0 Å². The zero-order valence-electron chi connectivity index (χ0n) is 16.7. The average molecular weight is 355 g/mol. The molecule has 0 amide bonds. The molecule has 0 bridgehead atoms. The van der Waals surface area contributed by atoms with Gasteiger partial charge in [0.1, 0.15) is 5.82 Å². The summed E-state index contributed by atoms with van der Waals surface area (Å²) in [4.78, 5) is 4.96. The smallest absolute Gasteiger partial charge is 0.123 e. The Morgan fingerprint density at radius 2 is 1.54 bits per heavy atom. The van der Waals surface area contributed by atoms with Crippen molar-refractivity contribution in [2.45, 2.75) is 66.4 Å². The topological polar surface area (TPSA) is 33.1 Å². The van der Waals surface area contributed by atoms with Crippen LogP contribution >= 0.6 is 0 Å². The van der Waals surface area contributed by atoms with E-state index in [1.807, 2.05) is 0 Å². The first-order chi connectivity index (χ1) is 12.3. The monoisotopic (exact) mass is 355 g/mol. The standard InChI is InChI=1S/C23H30FNO/c1-14(2)7-12-19-21(17-8-10-18(24)11-9-17)20(13-26)23(16(5)6)25-22(19)15(3)4/h7-11,15-16,26H,12-13H2,1-6H3. The Labute approximate surface area is 156 Å². The molecule has 1 N–H and O–H groups in total. The average Bonchev–Trinajstić information content (AvgIpc) is 2.58. The fourth-order valence-corrected chi connectivity index (χ4v) is 3.30. The second kappa shape index (κ2) is 8.59. The molecule has 1 heterocycles. The first-order valence-corrected chi connectivity index (χ1v) is 9.31. The van der Waals surface area contributed by atoms with Crippen molar-refractivity contribution in [3.8, 4) is 11.1 Å². The van der Waals surface area contributed by atoms with Gasteiger partial charge >= 0.3 is 0 Å². The molecular weight excluding hydrogens is 325 g/mol. The summed E-state index contributed by atoms with van der Waals surface area (Å²) < 4.78 is 13.5. The minimum absolute atomic E-state index is 0.0760. The van der Waals surface area contributed by atoms with Crippen LogP contribution in [0.2, 0.25) is 0 Å². The number of aliphatic hydroxyl groups excluding tert-OH is 1. The minimum atomic E-state index is -0.257. The normalized spacial score (nSPS) is 11.3. The highest BCUT2D eigenvalue weighted by molar-refractivity contribution is 5.73. The zero-order valence-corrected chi connectivity index (χ0v) is 16.7. The number of benzene rings is 1. The molecule has 1 aromatic heterocycles. The molecule has 0 aliphatic carbocycles. The number of pyridine rings is 1. The van der Waals surface area contributed by atoms with Gasteiger partial charge in [-0.25, -0.2) is 4.39 Å². The van der Waals surface area contributed by atoms with Crippen LogP contribution in [0.15, 0.2) is 35.9 Å². The molecule has 0 fully saturated rings. The quantitative estimate of drug-likeness (QED) is 0.632.